The number of hydrogen-bond donors (Lipinski definition) is 2. The lowest BCUT2D eigenvalue weighted by Gasteiger charge is -2.39. The Labute approximate surface area is 168 Å². The van der Waals surface area contributed by atoms with Crippen molar-refractivity contribution in [3.8, 4) is 0 Å². The molecule has 2 heterocycles. The lowest BCUT2D eigenvalue weighted by Crippen LogP contribution is -2.50. The molecule has 7 heteroatoms. The van der Waals surface area contributed by atoms with Gasteiger partial charge in [0.15, 0.2) is 0 Å². The summed E-state index contributed by atoms with van der Waals surface area (Å²) in [6, 6.07) is 15.9. The molecule has 0 aliphatic carbocycles. The van der Waals surface area contributed by atoms with Crippen molar-refractivity contribution in [2.45, 2.75) is 25.3 Å². The highest BCUT2D eigenvalue weighted by molar-refractivity contribution is 6.00. The van der Waals surface area contributed by atoms with Gasteiger partial charge in [0, 0.05) is 49.9 Å². The second-order valence-electron chi connectivity index (χ2n) is 7.28. The lowest BCUT2D eigenvalue weighted by atomic mass is 9.97. The molecule has 152 valence electrons. The lowest BCUT2D eigenvalue weighted by molar-refractivity contribution is -0.138. The number of hydrogen-bond acceptors (Lipinski definition) is 3. The van der Waals surface area contributed by atoms with Gasteiger partial charge < -0.3 is 10.6 Å². The van der Waals surface area contributed by atoms with Crippen molar-refractivity contribution in [3.05, 3.63) is 82.6 Å². The zero-order valence-corrected chi connectivity index (χ0v) is 16.1. The van der Waals surface area contributed by atoms with Gasteiger partial charge in [-0.25, -0.2) is 0 Å². The summed E-state index contributed by atoms with van der Waals surface area (Å²) in [5, 5.41) is 6.46. The topological polar surface area (TPSA) is 39.7 Å². The minimum absolute atomic E-state index is 0.180. The average Bonchev–Trinajstić information content (AvgIpc) is 2.73. The number of alkyl halides is 3. The summed E-state index contributed by atoms with van der Waals surface area (Å²) < 4.78 is 40.4. The Kier molecular flexibility index (Phi) is 5.32. The van der Waals surface area contributed by atoms with Crippen LogP contribution >= 0.6 is 0 Å². The predicted molar refractivity (Wildman–Crippen MR) is 107 cm³/mol. The van der Waals surface area contributed by atoms with Gasteiger partial charge in [-0.3, -0.25) is 9.89 Å². The van der Waals surface area contributed by atoms with E-state index >= 15 is 0 Å². The third-order valence-electron chi connectivity index (χ3n) is 5.36. The van der Waals surface area contributed by atoms with Gasteiger partial charge in [0.05, 0.1) is 5.56 Å². The maximum atomic E-state index is 13.5. The number of amidine groups is 1. The van der Waals surface area contributed by atoms with Crippen molar-refractivity contribution >= 4 is 5.84 Å². The minimum atomic E-state index is -4.41. The van der Waals surface area contributed by atoms with Gasteiger partial charge in [-0.2, -0.15) is 13.2 Å². The third kappa shape index (κ3) is 4.15. The highest BCUT2D eigenvalue weighted by atomic mass is 19.4. The van der Waals surface area contributed by atoms with Crippen LogP contribution in [0.1, 0.15) is 29.3 Å². The summed E-state index contributed by atoms with van der Waals surface area (Å²) in [5.74, 6) is 0.651. The molecule has 2 aliphatic rings. The fourth-order valence-corrected chi connectivity index (χ4v) is 3.97. The quantitative estimate of drug-likeness (QED) is 0.816. The van der Waals surface area contributed by atoms with Crippen LogP contribution in [0.4, 0.5) is 13.2 Å². The van der Waals surface area contributed by atoms with E-state index in [9.17, 15) is 13.2 Å². The largest absolute Gasteiger partial charge is 0.416 e. The first-order valence-corrected chi connectivity index (χ1v) is 9.60. The molecule has 2 aliphatic heterocycles. The summed E-state index contributed by atoms with van der Waals surface area (Å²) >= 11 is 0. The fraction of sp³-hybridized carbons (Fsp3) is 0.318. The fourth-order valence-electron chi connectivity index (χ4n) is 3.97. The molecule has 2 N–H and O–H groups in total. The van der Waals surface area contributed by atoms with Gasteiger partial charge in [-0.15, -0.1) is 0 Å². The second-order valence-corrected chi connectivity index (χ2v) is 7.28. The minimum Gasteiger partial charge on any atom is -0.365 e. The zero-order chi connectivity index (χ0) is 20.4. The van der Waals surface area contributed by atoms with Gasteiger partial charge in [-0.1, -0.05) is 48.5 Å². The van der Waals surface area contributed by atoms with Crippen LogP contribution in [-0.2, 0) is 12.7 Å². The van der Waals surface area contributed by atoms with Crippen molar-refractivity contribution in [1.82, 2.24) is 15.5 Å². The number of nitrogens with zero attached hydrogens (tertiary/aromatic N) is 2. The molecular weight excluding hydrogens is 377 g/mol. The van der Waals surface area contributed by atoms with E-state index in [1.54, 1.807) is 13.1 Å². The molecule has 4 rings (SSSR count). The zero-order valence-electron chi connectivity index (χ0n) is 16.1. The number of halogens is 3. The van der Waals surface area contributed by atoms with Crippen LogP contribution in [0.25, 0.3) is 0 Å². The SMILES string of the molecule is CN=C1NC(c2ccccc2C(F)(F)F)NC2=C1CN(Cc1ccccc1)CC2. The van der Waals surface area contributed by atoms with E-state index in [1.807, 2.05) is 18.2 Å². The molecule has 0 saturated heterocycles. The second kappa shape index (κ2) is 7.91. The Morgan fingerprint density at radius 2 is 1.76 bits per heavy atom. The van der Waals surface area contributed by atoms with Crippen LogP contribution in [0.5, 0.6) is 0 Å². The first kappa shape index (κ1) is 19.5. The molecule has 0 amide bonds. The molecule has 0 bridgehead atoms. The normalized spacial score (nSPS) is 21.5. The Bertz CT molecular complexity index is 935. The van der Waals surface area contributed by atoms with Gasteiger partial charge in [-0.05, 0) is 11.6 Å². The van der Waals surface area contributed by atoms with Crippen molar-refractivity contribution in [2.24, 2.45) is 4.99 Å². The molecule has 0 saturated carbocycles. The molecule has 2 aromatic carbocycles. The van der Waals surface area contributed by atoms with Gasteiger partial charge >= 0.3 is 6.18 Å². The van der Waals surface area contributed by atoms with E-state index in [0.717, 1.165) is 36.8 Å². The van der Waals surface area contributed by atoms with E-state index < -0.39 is 17.9 Å². The number of benzene rings is 2. The van der Waals surface area contributed by atoms with E-state index in [1.165, 1.54) is 17.7 Å². The summed E-state index contributed by atoms with van der Waals surface area (Å²) in [4.78, 5) is 6.67. The molecule has 29 heavy (non-hydrogen) atoms. The summed E-state index contributed by atoms with van der Waals surface area (Å²) in [5.41, 5.74) is 2.77. The summed E-state index contributed by atoms with van der Waals surface area (Å²) in [7, 11) is 1.67. The average molecular weight is 400 g/mol. The van der Waals surface area contributed by atoms with Gasteiger partial charge in [0.25, 0.3) is 0 Å². The molecule has 0 aromatic heterocycles. The highest BCUT2D eigenvalue weighted by Gasteiger charge is 2.37. The van der Waals surface area contributed by atoms with Crippen molar-refractivity contribution in [3.63, 3.8) is 0 Å². The maximum Gasteiger partial charge on any atom is 0.416 e. The molecular formula is C22H23F3N4. The molecule has 1 atom stereocenters. The standard InChI is InChI=1S/C22H23F3N4/c1-26-20-17-14-29(13-15-7-3-2-4-8-15)12-11-19(17)27-21(28-20)16-9-5-6-10-18(16)22(23,24)25/h2-10,21,27H,11-14H2,1H3,(H,26,28). The van der Waals surface area contributed by atoms with Crippen molar-refractivity contribution in [1.29, 1.82) is 0 Å². The Morgan fingerprint density at radius 3 is 2.48 bits per heavy atom. The number of nitrogens with one attached hydrogen (secondary N) is 2. The van der Waals surface area contributed by atoms with E-state index in [-0.39, 0.29) is 5.56 Å². The first-order chi connectivity index (χ1) is 14.0. The maximum absolute atomic E-state index is 13.5. The van der Waals surface area contributed by atoms with Crippen LogP contribution in [-0.4, -0.2) is 30.9 Å². The van der Waals surface area contributed by atoms with Crippen molar-refractivity contribution in [2.75, 3.05) is 20.1 Å². The molecule has 0 fully saturated rings. The van der Waals surface area contributed by atoms with E-state index in [4.69, 9.17) is 0 Å². The molecule has 2 aromatic rings. The van der Waals surface area contributed by atoms with Gasteiger partial charge in [0.2, 0.25) is 0 Å². The van der Waals surface area contributed by atoms with E-state index in [0.29, 0.717) is 12.4 Å². The molecule has 4 nitrogen and oxygen atoms in total. The monoisotopic (exact) mass is 400 g/mol. The van der Waals surface area contributed by atoms with Gasteiger partial charge in [0.1, 0.15) is 12.0 Å². The van der Waals surface area contributed by atoms with Crippen LogP contribution in [0.15, 0.2) is 70.9 Å². The van der Waals surface area contributed by atoms with Crippen molar-refractivity contribution < 1.29 is 13.2 Å². The molecule has 0 spiro atoms. The number of rotatable bonds is 3. The third-order valence-corrected chi connectivity index (χ3v) is 5.36. The number of aliphatic imine (C=N–C) groups is 1. The summed E-state index contributed by atoms with van der Waals surface area (Å²) in [6.45, 7) is 2.37. The first-order valence-electron chi connectivity index (χ1n) is 9.60. The Morgan fingerprint density at radius 1 is 1.03 bits per heavy atom. The highest BCUT2D eigenvalue weighted by Crippen LogP contribution is 2.35. The Hall–Kier alpha value is -2.80. The van der Waals surface area contributed by atoms with Crippen LogP contribution in [0, 0.1) is 0 Å². The van der Waals surface area contributed by atoms with Crippen LogP contribution in [0.2, 0.25) is 0 Å². The molecule has 1 unspecified atom stereocenters. The smallest absolute Gasteiger partial charge is 0.365 e. The van der Waals surface area contributed by atoms with E-state index in [2.05, 4.69) is 32.7 Å². The predicted octanol–water partition coefficient (Wildman–Crippen LogP) is 4.09. The molecule has 0 radical (unpaired) electrons. The van der Waals surface area contributed by atoms with Crippen LogP contribution in [0.3, 0.4) is 0 Å². The Balaban J connectivity index is 1.58. The summed E-state index contributed by atoms with van der Waals surface area (Å²) in [6.07, 6.45) is -4.32. The van der Waals surface area contributed by atoms with Crippen LogP contribution < -0.4 is 10.6 Å².